The van der Waals surface area contributed by atoms with E-state index in [4.69, 9.17) is 9.47 Å². The number of hydrogen-bond donors (Lipinski definition) is 1. The lowest BCUT2D eigenvalue weighted by atomic mass is 10.1. The summed E-state index contributed by atoms with van der Waals surface area (Å²) in [6.45, 7) is 2.05. The second kappa shape index (κ2) is 10.3. The maximum Gasteiger partial charge on any atom is 0.349 e. The Morgan fingerprint density at radius 3 is 2.57 bits per heavy atom. The Balaban J connectivity index is 1.72. The summed E-state index contributed by atoms with van der Waals surface area (Å²) in [6.07, 6.45) is 1.18. The van der Waals surface area contributed by atoms with Crippen molar-refractivity contribution in [2.24, 2.45) is 5.10 Å². The molecule has 0 saturated carbocycles. The average Bonchev–Trinajstić information content (AvgIpc) is 2.84. The Morgan fingerprint density at radius 1 is 1.11 bits per heavy atom. The van der Waals surface area contributed by atoms with Gasteiger partial charge in [0.15, 0.2) is 5.75 Å². The van der Waals surface area contributed by atoms with Gasteiger partial charge in [-0.3, -0.25) is 14.9 Å². The van der Waals surface area contributed by atoms with Gasteiger partial charge < -0.3 is 14.5 Å². The van der Waals surface area contributed by atoms with Crippen LogP contribution in [0.1, 0.15) is 18.1 Å². The summed E-state index contributed by atoms with van der Waals surface area (Å²) in [5, 5.41) is 16.1. The molecule has 0 aliphatic rings. The fourth-order valence-corrected chi connectivity index (χ4v) is 3.61. The number of nitro benzene ring substituents is 1. The number of halogens is 1. The lowest BCUT2D eigenvalue weighted by molar-refractivity contribution is -0.386. The average molecular weight is 539 g/mol. The number of nitrogens with one attached hydrogen (secondary N) is 1. The maximum absolute atomic E-state index is 12.7. The number of hydrogen-bond acceptors (Lipinski definition) is 7. The zero-order valence-corrected chi connectivity index (χ0v) is 20.0. The number of aromatic amines is 1. The zero-order valence-electron chi connectivity index (χ0n) is 18.4. The standard InChI is InChI=1S/C24H19BrN4O6/c1-2-34-21-12-16(13-26-28-23(30)18-5-3-4-6-19(18)27-24(28)31)11-20(29(32)33)22(21)35-14-15-7-9-17(25)10-8-15/h3-13H,2,14H2,1H3,(H,27,31). The third-order valence-corrected chi connectivity index (χ3v) is 5.49. The normalized spacial score (nSPS) is 11.1. The van der Waals surface area contributed by atoms with Crippen molar-refractivity contribution < 1.29 is 14.4 Å². The molecule has 11 heteroatoms. The molecule has 0 bridgehead atoms. The van der Waals surface area contributed by atoms with Crippen LogP contribution in [0.4, 0.5) is 5.69 Å². The van der Waals surface area contributed by atoms with Crippen LogP contribution in [0.5, 0.6) is 11.5 Å². The number of ether oxygens (including phenoxy) is 2. The Labute approximate surface area is 206 Å². The zero-order chi connectivity index (χ0) is 24.9. The Morgan fingerprint density at radius 2 is 1.86 bits per heavy atom. The number of nitrogens with zero attached hydrogens (tertiary/aromatic N) is 3. The molecule has 0 spiro atoms. The molecular formula is C24H19BrN4O6. The third kappa shape index (κ3) is 5.30. The van der Waals surface area contributed by atoms with Crippen LogP contribution in [0.15, 0.2) is 79.8 Å². The number of fused-ring (bicyclic) bond motifs is 1. The maximum atomic E-state index is 12.7. The first kappa shape index (κ1) is 23.9. The minimum atomic E-state index is -0.737. The van der Waals surface area contributed by atoms with Gasteiger partial charge in [0.25, 0.3) is 5.56 Å². The van der Waals surface area contributed by atoms with E-state index in [-0.39, 0.29) is 41.3 Å². The van der Waals surface area contributed by atoms with E-state index in [0.29, 0.717) is 10.2 Å². The lowest BCUT2D eigenvalue weighted by Gasteiger charge is -2.13. The van der Waals surface area contributed by atoms with Crippen molar-refractivity contribution in [2.75, 3.05) is 6.61 Å². The molecule has 178 valence electrons. The molecule has 1 N–H and O–H groups in total. The summed E-state index contributed by atoms with van der Waals surface area (Å²) in [6, 6.07) is 16.6. The molecule has 10 nitrogen and oxygen atoms in total. The summed E-state index contributed by atoms with van der Waals surface area (Å²) >= 11 is 3.36. The molecular weight excluding hydrogens is 520 g/mol. The van der Waals surface area contributed by atoms with Crippen LogP contribution in [0.3, 0.4) is 0 Å². The predicted molar refractivity (Wildman–Crippen MR) is 135 cm³/mol. The molecule has 1 aromatic heterocycles. The van der Waals surface area contributed by atoms with Crippen molar-refractivity contribution in [1.29, 1.82) is 0 Å². The molecule has 0 fully saturated rings. The molecule has 1 heterocycles. The molecule has 0 radical (unpaired) electrons. The van der Waals surface area contributed by atoms with Crippen molar-refractivity contribution in [2.45, 2.75) is 13.5 Å². The highest BCUT2D eigenvalue weighted by molar-refractivity contribution is 9.10. The van der Waals surface area contributed by atoms with Gasteiger partial charge in [0.2, 0.25) is 5.75 Å². The first-order valence-corrected chi connectivity index (χ1v) is 11.3. The summed E-state index contributed by atoms with van der Waals surface area (Å²) in [4.78, 5) is 38.8. The van der Waals surface area contributed by atoms with E-state index >= 15 is 0 Å². The fourth-order valence-electron chi connectivity index (χ4n) is 3.34. The summed E-state index contributed by atoms with van der Waals surface area (Å²) in [5.74, 6) is 0.109. The van der Waals surface area contributed by atoms with Crippen molar-refractivity contribution in [3.8, 4) is 11.5 Å². The summed E-state index contributed by atoms with van der Waals surface area (Å²) < 4.78 is 12.9. The Bertz CT molecular complexity index is 1540. The van der Waals surface area contributed by atoms with Crippen LogP contribution in [-0.4, -0.2) is 27.4 Å². The highest BCUT2D eigenvalue weighted by Crippen LogP contribution is 2.38. The lowest BCUT2D eigenvalue weighted by Crippen LogP contribution is -2.32. The highest BCUT2D eigenvalue weighted by Gasteiger charge is 2.23. The van der Waals surface area contributed by atoms with E-state index in [1.165, 1.54) is 18.3 Å². The van der Waals surface area contributed by atoms with Crippen molar-refractivity contribution in [1.82, 2.24) is 9.66 Å². The number of aromatic nitrogens is 2. The van der Waals surface area contributed by atoms with Gasteiger partial charge in [-0.15, -0.1) is 4.68 Å². The van der Waals surface area contributed by atoms with Gasteiger partial charge in [0.05, 0.1) is 28.6 Å². The number of benzene rings is 3. The molecule has 3 aromatic carbocycles. The molecule has 0 aliphatic carbocycles. The smallest absolute Gasteiger partial charge is 0.349 e. The summed E-state index contributed by atoms with van der Waals surface area (Å²) in [7, 11) is 0. The molecule has 0 atom stereocenters. The minimum Gasteiger partial charge on any atom is -0.490 e. The van der Waals surface area contributed by atoms with Gasteiger partial charge >= 0.3 is 11.4 Å². The van der Waals surface area contributed by atoms with E-state index in [2.05, 4.69) is 26.0 Å². The van der Waals surface area contributed by atoms with E-state index in [1.807, 2.05) is 24.3 Å². The molecule has 0 aliphatic heterocycles. The van der Waals surface area contributed by atoms with Crippen LogP contribution >= 0.6 is 15.9 Å². The van der Waals surface area contributed by atoms with Crippen molar-refractivity contribution in [3.63, 3.8) is 0 Å². The number of nitro groups is 1. The van der Waals surface area contributed by atoms with Crippen LogP contribution in [0, 0.1) is 10.1 Å². The van der Waals surface area contributed by atoms with Crippen LogP contribution in [0.25, 0.3) is 10.9 Å². The monoisotopic (exact) mass is 538 g/mol. The van der Waals surface area contributed by atoms with E-state index in [9.17, 15) is 19.7 Å². The van der Waals surface area contributed by atoms with E-state index < -0.39 is 16.2 Å². The van der Waals surface area contributed by atoms with Gasteiger partial charge in [-0.05, 0) is 42.8 Å². The fraction of sp³-hybridized carbons (Fsp3) is 0.125. The van der Waals surface area contributed by atoms with Crippen molar-refractivity contribution >= 4 is 38.7 Å². The molecule has 0 unspecified atom stereocenters. The quantitative estimate of drug-likeness (QED) is 0.203. The van der Waals surface area contributed by atoms with Crippen LogP contribution < -0.4 is 20.7 Å². The molecule has 4 aromatic rings. The van der Waals surface area contributed by atoms with Gasteiger partial charge in [-0.2, -0.15) is 5.10 Å². The Kier molecular flexibility index (Phi) is 7.06. The van der Waals surface area contributed by atoms with Gasteiger partial charge in [-0.1, -0.05) is 40.2 Å². The predicted octanol–water partition coefficient (Wildman–Crippen LogP) is 4.22. The first-order chi connectivity index (χ1) is 16.9. The van der Waals surface area contributed by atoms with E-state index in [0.717, 1.165) is 10.0 Å². The summed E-state index contributed by atoms with van der Waals surface area (Å²) in [5.41, 5.74) is -0.251. The third-order valence-electron chi connectivity index (χ3n) is 4.96. The molecule has 35 heavy (non-hydrogen) atoms. The number of rotatable bonds is 8. The second-order valence-corrected chi connectivity index (χ2v) is 8.23. The SMILES string of the molecule is CCOc1cc(C=Nn2c(=O)[nH]c3ccccc3c2=O)cc([N+](=O)[O-])c1OCc1ccc(Br)cc1. The van der Waals surface area contributed by atoms with Crippen LogP contribution in [0.2, 0.25) is 0 Å². The van der Waals surface area contributed by atoms with Crippen molar-refractivity contribution in [3.05, 3.63) is 107 Å². The first-order valence-electron chi connectivity index (χ1n) is 10.5. The van der Waals surface area contributed by atoms with Crippen LogP contribution in [-0.2, 0) is 6.61 Å². The van der Waals surface area contributed by atoms with E-state index in [1.54, 1.807) is 31.2 Å². The van der Waals surface area contributed by atoms with Gasteiger partial charge in [0.1, 0.15) is 6.61 Å². The highest BCUT2D eigenvalue weighted by atomic mass is 79.9. The minimum absolute atomic E-state index is 0.0300. The number of H-pyrrole nitrogens is 1. The molecule has 4 rings (SSSR count). The largest absolute Gasteiger partial charge is 0.490 e. The van der Waals surface area contributed by atoms with Gasteiger partial charge in [-0.25, -0.2) is 4.79 Å². The molecule has 0 saturated heterocycles. The Hall–Kier alpha value is -4.25. The molecule has 0 amide bonds. The van der Waals surface area contributed by atoms with Gasteiger partial charge in [0, 0.05) is 16.1 Å². The second-order valence-electron chi connectivity index (χ2n) is 7.31. The topological polar surface area (TPSA) is 129 Å². The number of para-hydroxylation sites is 1.